The molecule has 2 aromatic carbocycles. The van der Waals surface area contributed by atoms with E-state index in [9.17, 15) is 9.13 Å². The molecular formula is C20H24O4P2. The van der Waals surface area contributed by atoms with Gasteiger partial charge in [0, 0.05) is 16.0 Å². The minimum atomic E-state index is -3.66. The van der Waals surface area contributed by atoms with Crippen LogP contribution in [0.1, 0.15) is 20.8 Å². The van der Waals surface area contributed by atoms with E-state index in [1.54, 1.807) is 37.3 Å². The summed E-state index contributed by atoms with van der Waals surface area (Å²) in [6, 6.07) is 18.3. The van der Waals surface area contributed by atoms with Gasteiger partial charge in [0.1, 0.15) is 5.06 Å². The number of allylic oxidation sites excluding steroid dienone is 1. The summed E-state index contributed by atoms with van der Waals surface area (Å²) in [7, 11) is -7.02. The van der Waals surface area contributed by atoms with E-state index in [0.717, 1.165) is 0 Å². The molecule has 0 spiro atoms. The van der Waals surface area contributed by atoms with Crippen LogP contribution in [0.2, 0.25) is 0 Å². The molecule has 1 aliphatic heterocycles. The monoisotopic (exact) mass is 390 g/mol. The highest BCUT2D eigenvalue weighted by molar-refractivity contribution is 7.92. The summed E-state index contributed by atoms with van der Waals surface area (Å²) in [5.41, 5.74) is -0.226. The third kappa shape index (κ3) is 3.52. The Morgan fingerprint density at radius 1 is 0.962 bits per heavy atom. The molecule has 0 atom stereocenters. The van der Waals surface area contributed by atoms with Crippen LogP contribution in [0.4, 0.5) is 0 Å². The Morgan fingerprint density at radius 2 is 1.38 bits per heavy atom. The molecule has 3 rings (SSSR count). The molecule has 1 fully saturated rings. The average Bonchev–Trinajstić information content (AvgIpc) is 2.66. The highest BCUT2D eigenvalue weighted by Crippen LogP contribution is 2.73. The second kappa shape index (κ2) is 7.29. The van der Waals surface area contributed by atoms with E-state index >= 15 is 0 Å². The quantitative estimate of drug-likeness (QED) is 0.680. The molecule has 0 N–H and O–H groups in total. The van der Waals surface area contributed by atoms with Gasteiger partial charge in [-0.2, -0.15) is 0 Å². The Bertz CT molecular complexity index is 831. The minimum absolute atomic E-state index is 0.226. The second-order valence-electron chi connectivity index (χ2n) is 7.14. The first kappa shape index (κ1) is 19.3. The van der Waals surface area contributed by atoms with Gasteiger partial charge in [0.25, 0.3) is 0 Å². The Hall–Kier alpha value is -1.44. The minimum Gasteiger partial charge on any atom is -0.308 e. The van der Waals surface area contributed by atoms with Crippen LogP contribution in [0.25, 0.3) is 0 Å². The Balaban J connectivity index is 2.16. The van der Waals surface area contributed by atoms with E-state index in [0.29, 0.717) is 23.8 Å². The molecule has 1 heterocycles. The molecule has 26 heavy (non-hydrogen) atoms. The largest absolute Gasteiger partial charge is 0.365 e. The molecule has 0 bridgehead atoms. The van der Waals surface area contributed by atoms with Gasteiger partial charge in [0.2, 0.25) is 0 Å². The van der Waals surface area contributed by atoms with Gasteiger partial charge >= 0.3 is 7.60 Å². The molecule has 1 saturated heterocycles. The van der Waals surface area contributed by atoms with Gasteiger partial charge in [-0.15, -0.1) is 0 Å². The van der Waals surface area contributed by atoms with E-state index in [-0.39, 0.29) is 10.5 Å². The number of hydrogen-bond donors (Lipinski definition) is 0. The summed E-state index contributed by atoms with van der Waals surface area (Å²) in [5.74, 6) is 0. The summed E-state index contributed by atoms with van der Waals surface area (Å²) in [4.78, 5) is 0. The fraction of sp³-hybridized carbons (Fsp3) is 0.300. The van der Waals surface area contributed by atoms with Crippen molar-refractivity contribution in [3.63, 3.8) is 0 Å². The van der Waals surface area contributed by atoms with Crippen LogP contribution < -0.4 is 10.6 Å². The molecule has 6 heteroatoms. The van der Waals surface area contributed by atoms with Gasteiger partial charge in [0.05, 0.1) is 13.2 Å². The van der Waals surface area contributed by atoms with Crippen molar-refractivity contribution in [1.29, 1.82) is 0 Å². The van der Waals surface area contributed by atoms with Crippen molar-refractivity contribution in [3.8, 4) is 0 Å². The van der Waals surface area contributed by atoms with Crippen LogP contribution in [0, 0.1) is 5.41 Å². The molecule has 2 aromatic rings. The lowest BCUT2D eigenvalue weighted by atomic mass is 9.97. The molecule has 138 valence electrons. The van der Waals surface area contributed by atoms with Gasteiger partial charge < -0.3 is 13.6 Å². The predicted molar refractivity (Wildman–Crippen MR) is 107 cm³/mol. The fourth-order valence-electron chi connectivity index (χ4n) is 2.93. The SMILES string of the molecule is C/C=C(\P1(=O)OCC(C)(C)CO1)P(=O)(c1ccccc1)c1ccccc1. The Kier molecular flexibility index (Phi) is 5.42. The van der Waals surface area contributed by atoms with Crippen molar-refractivity contribution in [3.05, 3.63) is 71.8 Å². The zero-order valence-corrected chi connectivity index (χ0v) is 17.1. The third-order valence-electron chi connectivity index (χ3n) is 4.35. The first-order chi connectivity index (χ1) is 12.3. The van der Waals surface area contributed by atoms with E-state index in [2.05, 4.69) is 0 Å². The van der Waals surface area contributed by atoms with Crippen LogP contribution in [0.5, 0.6) is 0 Å². The second-order valence-corrected chi connectivity index (χ2v) is 12.2. The summed E-state index contributed by atoms with van der Waals surface area (Å²) in [5, 5.41) is 1.48. The smallest absolute Gasteiger partial charge is 0.308 e. The molecule has 4 nitrogen and oxygen atoms in total. The first-order valence-corrected chi connectivity index (χ1v) is 11.8. The number of benzene rings is 2. The Labute approximate surface area is 155 Å². The lowest BCUT2D eigenvalue weighted by Crippen LogP contribution is -2.30. The van der Waals surface area contributed by atoms with E-state index < -0.39 is 14.7 Å². The lowest BCUT2D eigenvalue weighted by Gasteiger charge is -2.36. The first-order valence-electron chi connectivity index (χ1n) is 8.60. The molecule has 1 aliphatic rings. The average molecular weight is 390 g/mol. The summed E-state index contributed by atoms with van der Waals surface area (Å²) < 4.78 is 39.4. The molecule has 0 amide bonds. The highest BCUT2D eigenvalue weighted by Gasteiger charge is 2.48. The van der Waals surface area contributed by atoms with Crippen molar-refractivity contribution < 1.29 is 18.2 Å². The third-order valence-corrected chi connectivity index (χ3v) is 10.6. The van der Waals surface area contributed by atoms with Crippen molar-refractivity contribution in [2.75, 3.05) is 13.2 Å². The van der Waals surface area contributed by atoms with Crippen LogP contribution in [0.3, 0.4) is 0 Å². The zero-order valence-electron chi connectivity index (χ0n) is 15.3. The summed E-state index contributed by atoms with van der Waals surface area (Å²) in [6.07, 6.45) is 1.64. The molecule has 0 radical (unpaired) electrons. The van der Waals surface area contributed by atoms with Crippen LogP contribution in [0.15, 0.2) is 71.8 Å². The maximum Gasteiger partial charge on any atom is 0.365 e. The van der Waals surface area contributed by atoms with Crippen LogP contribution in [-0.2, 0) is 18.2 Å². The maximum absolute atomic E-state index is 14.4. The maximum atomic E-state index is 14.4. The van der Waals surface area contributed by atoms with E-state index in [1.165, 1.54) is 0 Å². The van der Waals surface area contributed by atoms with Crippen molar-refractivity contribution >= 4 is 25.3 Å². The van der Waals surface area contributed by atoms with E-state index in [1.807, 2.05) is 50.2 Å². The van der Waals surface area contributed by atoms with Crippen molar-refractivity contribution in [1.82, 2.24) is 0 Å². The molecular weight excluding hydrogens is 366 g/mol. The summed E-state index contributed by atoms with van der Waals surface area (Å²) in [6.45, 7) is 6.30. The topological polar surface area (TPSA) is 52.6 Å². The highest BCUT2D eigenvalue weighted by atomic mass is 31.2. The van der Waals surface area contributed by atoms with E-state index in [4.69, 9.17) is 9.05 Å². The zero-order chi connectivity index (χ0) is 18.8. The lowest BCUT2D eigenvalue weighted by molar-refractivity contribution is 0.0452. The van der Waals surface area contributed by atoms with Gasteiger partial charge in [-0.1, -0.05) is 80.6 Å². The normalized spacial score (nSPS) is 19.9. The fourth-order valence-corrected chi connectivity index (χ4v) is 9.42. The molecule has 0 unspecified atom stereocenters. The molecule has 0 aliphatic carbocycles. The van der Waals surface area contributed by atoms with Gasteiger partial charge in [0.15, 0.2) is 7.14 Å². The molecule has 0 saturated carbocycles. The van der Waals surface area contributed by atoms with Gasteiger partial charge in [-0.25, -0.2) is 0 Å². The van der Waals surface area contributed by atoms with Gasteiger partial charge in [-0.3, -0.25) is 4.57 Å². The Morgan fingerprint density at radius 3 is 1.77 bits per heavy atom. The van der Waals surface area contributed by atoms with Crippen LogP contribution >= 0.6 is 14.7 Å². The predicted octanol–water partition coefficient (Wildman–Crippen LogP) is 5.13. The standard InChI is InChI=1S/C20H24O4P2/c1-4-19(26(22)23-15-20(2,3)16-24-26)25(21,17-11-7-5-8-12-17)18-13-9-6-10-14-18/h4-14H,15-16H2,1-3H3/b19-4-. The van der Waals surface area contributed by atoms with Crippen molar-refractivity contribution in [2.24, 2.45) is 5.41 Å². The number of hydrogen-bond acceptors (Lipinski definition) is 4. The number of rotatable bonds is 4. The van der Waals surface area contributed by atoms with Crippen LogP contribution in [-0.4, -0.2) is 13.2 Å². The van der Waals surface area contributed by atoms with Gasteiger partial charge in [-0.05, 0) is 6.92 Å². The summed E-state index contributed by atoms with van der Waals surface area (Å²) >= 11 is 0. The van der Waals surface area contributed by atoms with Crippen molar-refractivity contribution in [2.45, 2.75) is 20.8 Å². The molecule has 0 aromatic heterocycles.